The van der Waals surface area contributed by atoms with Gasteiger partial charge in [-0.3, -0.25) is 0 Å². The lowest BCUT2D eigenvalue weighted by atomic mass is 10.2. The van der Waals surface area contributed by atoms with Crippen LogP contribution in [0.15, 0.2) is 0 Å². The molecule has 0 saturated carbocycles. The average molecular weight is 645 g/mol. The summed E-state index contributed by atoms with van der Waals surface area (Å²) in [5.41, 5.74) is 0. The number of urea groups is 6. The van der Waals surface area contributed by atoms with Crippen molar-refractivity contribution in [2.24, 2.45) is 0 Å². The van der Waals surface area contributed by atoms with Gasteiger partial charge in [-0.15, -0.1) is 0 Å². The summed E-state index contributed by atoms with van der Waals surface area (Å²) in [6.07, 6.45) is 0. The molecule has 7 saturated heterocycles. The van der Waals surface area contributed by atoms with E-state index in [-0.39, 0.29) is 100 Å². The third-order valence-corrected chi connectivity index (χ3v) is 11.0. The number of carbonyl (C=O) groups is 6. The molecule has 7 aliphatic rings. The lowest BCUT2D eigenvalue weighted by Crippen LogP contribution is -2.49. The van der Waals surface area contributed by atoms with Crippen molar-refractivity contribution >= 4 is 36.2 Å². The number of hydrogen-bond donors (Lipinski definition) is 0. The summed E-state index contributed by atoms with van der Waals surface area (Å²) in [5, 5.41) is 0. The van der Waals surface area contributed by atoms with Gasteiger partial charge in [0.05, 0.1) is 64.2 Å². The van der Waals surface area contributed by atoms with Crippen LogP contribution >= 0.6 is 0 Å². The molecule has 4 unspecified atom stereocenters. The highest BCUT2D eigenvalue weighted by Crippen LogP contribution is 2.28. The van der Waals surface area contributed by atoms with Crippen molar-refractivity contribution in [3.63, 3.8) is 0 Å². The molecule has 18 nitrogen and oxygen atoms in total. The van der Waals surface area contributed by atoms with Gasteiger partial charge in [0.1, 0.15) is 0 Å². The van der Waals surface area contributed by atoms with Crippen molar-refractivity contribution in [3.8, 4) is 0 Å². The Morgan fingerprint density at radius 3 is 0.674 bits per heavy atom. The number of rotatable bonds is 0. The molecule has 12 bridgehead atoms. The Labute approximate surface area is 268 Å². The topological polar surface area (TPSA) is 141 Å². The second-order valence-corrected chi connectivity index (χ2v) is 13.5. The van der Waals surface area contributed by atoms with Gasteiger partial charge >= 0.3 is 36.2 Å². The fourth-order valence-corrected chi connectivity index (χ4v) is 7.55. The van der Waals surface area contributed by atoms with E-state index in [4.69, 9.17) is 0 Å². The molecule has 7 heterocycles. The lowest BCUT2D eigenvalue weighted by molar-refractivity contribution is 0.127. The van der Waals surface area contributed by atoms with Crippen LogP contribution in [0.4, 0.5) is 28.8 Å². The number of nitrogens with zero attached hydrogens (tertiary/aromatic N) is 12. The zero-order chi connectivity index (χ0) is 32.6. The number of amides is 12. The van der Waals surface area contributed by atoms with Crippen molar-refractivity contribution in [3.05, 3.63) is 0 Å². The molecule has 0 radical (unpaired) electrons. The molecule has 7 fully saturated rings. The molecule has 46 heavy (non-hydrogen) atoms. The number of fused-ring (bicyclic) bond motifs is 12. The largest absolute Gasteiger partial charge is 0.323 e. The fourth-order valence-electron chi connectivity index (χ4n) is 7.55. The predicted octanol–water partition coefficient (Wildman–Crippen LogP) is -0.275. The Kier molecular flexibility index (Phi) is 7.34. The van der Waals surface area contributed by atoms with E-state index in [0.29, 0.717) is 52.4 Å². The van der Waals surface area contributed by atoms with Crippen molar-refractivity contribution < 1.29 is 28.8 Å². The molecule has 0 aromatic heterocycles. The van der Waals surface area contributed by atoms with E-state index in [2.05, 4.69) is 0 Å². The Balaban J connectivity index is 1.12. The molecule has 0 aromatic carbocycles. The zero-order valence-electron chi connectivity index (χ0n) is 27.0. The maximum absolute atomic E-state index is 13.6. The van der Waals surface area contributed by atoms with Gasteiger partial charge in [0.2, 0.25) is 0 Å². The van der Waals surface area contributed by atoms with E-state index >= 15 is 0 Å². The van der Waals surface area contributed by atoms with Crippen LogP contribution in [0, 0.1) is 0 Å². The second-order valence-electron chi connectivity index (χ2n) is 13.5. The van der Waals surface area contributed by atoms with Gasteiger partial charge in [-0.25, -0.2) is 28.8 Å². The number of hydrogen-bond acceptors (Lipinski definition) is 6. The molecule has 4 atom stereocenters. The maximum Gasteiger partial charge on any atom is 0.323 e. The van der Waals surface area contributed by atoms with Crippen molar-refractivity contribution in [2.75, 3.05) is 92.4 Å². The highest BCUT2D eigenvalue weighted by molar-refractivity contribution is 5.84. The second kappa shape index (κ2) is 11.2. The molecular weight excluding hydrogens is 600 g/mol. The molecule has 0 N–H and O–H groups in total. The van der Waals surface area contributed by atoms with Gasteiger partial charge in [-0.1, -0.05) is 0 Å². The molecule has 0 spiro atoms. The van der Waals surface area contributed by atoms with Gasteiger partial charge in [0.15, 0.2) is 0 Å². The van der Waals surface area contributed by atoms with Crippen LogP contribution < -0.4 is 0 Å². The molecular formula is C28H44N12O6. The van der Waals surface area contributed by atoms with Gasteiger partial charge < -0.3 is 58.8 Å². The minimum Gasteiger partial charge on any atom is -0.305 e. The van der Waals surface area contributed by atoms with Crippen LogP contribution in [0.25, 0.3) is 0 Å². The van der Waals surface area contributed by atoms with E-state index in [0.717, 1.165) is 0 Å². The summed E-state index contributed by atoms with van der Waals surface area (Å²) >= 11 is 0. The third kappa shape index (κ3) is 4.74. The predicted molar refractivity (Wildman–Crippen MR) is 160 cm³/mol. The molecule has 7 rings (SSSR count). The van der Waals surface area contributed by atoms with Crippen molar-refractivity contribution in [2.45, 2.75) is 51.9 Å². The Hall–Kier alpha value is -4.38. The highest BCUT2D eigenvalue weighted by Gasteiger charge is 2.48. The van der Waals surface area contributed by atoms with Crippen LogP contribution in [0.5, 0.6) is 0 Å². The average Bonchev–Trinajstić information content (AvgIpc) is 3.83. The Bertz CT molecular complexity index is 1140. The SMILES string of the molecule is CC1C(C)N2CN3CCN(CN4CCN(CN5C(=O)N(CN6CCN(CN7CCN(CN1C2=O)C7=O)C6=O)C(C)C5C)C4=O)C3=O. The number of carbonyl (C=O) groups excluding carboxylic acids is 6. The first kappa shape index (κ1) is 30.3. The first-order valence-corrected chi connectivity index (χ1v) is 16.2. The van der Waals surface area contributed by atoms with Crippen molar-refractivity contribution in [1.29, 1.82) is 0 Å². The minimum absolute atomic E-state index is 0.119. The monoisotopic (exact) mass is 644 g/mol. The normalized spacial score (nSPS) is 31.3. The van der Waals surface area contributed by atoms with Crippen LogP contribution in [0.2, 0.25) is 0 Å². The van der Waals surface area contributed by atoms with Gasteiger partial charge in [0.25, 0.3) is 0 Å². The van der Waals surface area contributed by atoms with Crippen LogP contribution in [0.3, 0.4) is 0 Å². The minimum atomic E-state index is -0.237. The van der Waals surface area contributed by atoms with Gasteiger partial charge in [0, 0.05) is 52.4 Å². The fraction of sp³-hybridized carbons (Fsp3) is 0.786. The highest BCUT2D eigenvalue weighted by atomic mass is 16.2. The standard InChI is InChI=1S/C28H44N12O6/c1-19-20(2)38-16-34-10-6-30(24(34)42)14-32-8-12-36(26(32)44)18-40-22(4)21(3)39(28(40)46)17-35-11-7-31(25(35)43)13-29-5-9-33(23(29)41)15-37(19)27(38)45/h19-22H,5-18H2,1-4H3. The Morgan fingerprint density at radius 2 is 0.478 bits per heavy atom. The van der Waals surface area contributed by atoms with Gasteiger partial charge in [-0.2, -0.15) is 0 Å². The molecule has 18 heteroatoms. The van der Waals surface area contributed by atoms with E-state index in [1.54, 1.807) is 58.8 Å². The molecule has 12 amide bonds. The lowest BCUT2D eigenvalue weighted by Gasteiger charge is -2.30. The molecule has 252 valence electrons. The zero-order valence-corrected chi connectivity index (χ0v) is 27.0. The van der Waals surface area contributed by atoms with Crippen LogP contribution in [-0.4, -0.2) is 212 Å². The van der Waals surface area contributed by atoms with E-state index in [1.807, 2.05) is 27.7 Å². The van der Waals surface area contributed by atoms with E-state index < -0.39 is 0 Å². The van der Waals surface area contributed by atoms with Crippen molar-refractivity contribution in [1.82, 2.24) is 58.8 Å². The molecule has 0 aromatic rings. The summed E-state index contributed by atoms with van der Waals surface area (Å²) < 4.78 is 0. The summed E-state index contributed by atoms with van der Waals surface area (Å²) in [6, 6.07) is -2.17. The van der Waals surface area contributed by atoms with E-state index in [1.165, 1.54) is 0 Å². The third-order valence-electron chi connectivity index (χ3n) is 11.0. The summed E-state index contributed by atoms with van der Waals surface area (Å²) in [4.78, 5) is 101. The maximum atomic E-state index is 13.6. The summed E-state index contributed by atoms with van der Waals surface area (Å²) in [5.74, 6) is 0. The summed E-state index contributed by atoms with van der Waals surface area (Å²) in [6.45, 7) is 11.9. The van der Waals surface area contributed by atoms with Crippen LogP contribution in [0.1, 0.15) is 27.7 Å². The molecule has 0 aliphatic carbocycles. The van der Waals surface area contributed by atoms with Crippen LogP contribution in [-0.2, 0) is 0 Å². The van der Waals surface area contributed by atoms with E-state index in [9.17, 15) is 28.8 Å². The smallest absolute Gasteiger partial charge is 0.305 e. The first-order valence-electron chi connectivity index (χ1n) is 16.2. The summed E-state index contributed by atoms with van der Waals surface area (Å²) in [7, 11) is 0. The molecule has 7 aliphatic heterocycles. The van der Waals surface area contributed by atoms with Gasteiger partial charge in [-0.05, 0) is 27.7 Å². The first-order chi connectivity index (χ1) is 21.9. The quantitative estimate of drug-likeness (QED) is 0.356. The Morgan fingerprint density at radius 1 is 0.304 bits per heavy atom.